The molecule has 2 heterocycles. The van der Waals surface area contributed by atoms with E-state index >= 15 is 0 Å². The first-order chi connectivity index (χ1) is 12.0. The summed E-state index contributed by atoms with van der Waals surface area (Å²) < 4.78 is 10.5. The molecule has 1 aromatic heterocycles. The summed E-state index contributed by atoms with van der Waals surface area (Å²) in [6.45, 7) is 2.81. The number of fused-ring (bicyclic) bond motifs is 1. The maximum absolute atomic E-state index is 12.6. The molecular weight excluding hydrogens is 358 g/mol. The summed E-state index contributed by atoms with van der Waals surface area (Å²) in [5.41, 5.74) is 2.05. The maximum atomic E-state index is 12.6. The lowest BCUT2D eigenvalue weighted by atomic mass is 10.0. The van der Waals surface area contributed by atoms with Gasteiger partial charge in [0.25, 0.3) is 0 Å². The van der Waals surface area contributed by atoms with Gasteiger partial charge in [0.15, 0.2) is 11.5 Å². The van der Waals surface area contributed by atoms with Gasteiger partial charge in [0.05, 0.1) is 25.3 Å². The summed E-state index contributed by atoms with van der Waals surface area (Å²) in [6.07, 6.45) is 4.26. The van der Waals surface area contributed by atoms with E-state index < -0.39 is 0 Å². The Kier molecular flexibility index (Phi) is 5.35. The Morgan fingerprint density at radius 2 is 2.16 bits per heavy atom. The standard InChI is InChI=1S/C19H20ClNO3S/c1-12-14-7-9-25-17(14)6-8-21(12)18(22)5-4-13-10-15(20)19(24-3)16(11-13)23-2/h4-5,7,9-12H,6,8H2,1-3H3/b5-4+/t12-/m1/s1. The van der Waals surface area contributed by atoms with Crippen molar-refractivity contribution in [2.24, 2.45) is 0 Å². The minimum atomic E-state index is -0.00439. The topological polar surface area (TPSA) is 38.8 Å². The number of carbonyl (C=O) groups excluding carboxylic acids is 1. The van der Waals surface area contributed by atoms with Crippen LogP contribution in [-0.2, 0) is 11.2 Å². The highest BCUT2D eigenvalue weighted by Crippen LogP contribution is 2.36. The van der Waals surface area contributed by atoms with Crippen LogP contribution < -0.4 is 9.47 Å². The van der Waals surface area contributed by atoms with E-state index in [1.807, 2.05) is 4.90 Å². The average Bonchev–Trinajstić information content (AvgIpc) is 3.09. The van der Waals surface area contributed by atoms with Gasteiger partial charge in [-0.25, -0.2) is 0 Å². The minimum absolute atomic E-state index is 0.00439. The maximum Gasteiger partial charge on any atom is 0.247 e. The van der Waals surface area contributed by atoms with Gasteiger partial charge in [-0.1, -0.05) is 11.6 Å². The lowest BCUT2D eigenvalue weighted by molar-refractivity contribution is -0.128. The third-order valence-electron chi connectivity index (χ3n) is 4.43. The summed E-state index contributed by atoms with van der Waals surface area (Å²) >= 11 is 7.98. The Bertz CT molecular complexity index is 815. The predicted molar refractivity (Wildman–Crippen MR) is 102 cm³/mol. The van der Waals surface area contributed by atoms with E-state index in [2.05, 4.69) is 18.4 Å². The molecule has 6 heteroatoms. The van der Waals surface area contributed by atoms with E-state index in [1.165, 1.54) is 10.4 Å². The predicted octanol–water partition coefficient (Wildman–Crippen LogP) is 4.58. The lowest BCUT2D eigenvalue weighted by Gasteiger charge is -2.32. The first kappa shape index (κ1) is 17.8. The number of rotatable bonds is 4. The second-order valence-electron chi connectivity index (χ2n) is 5.83. The summed E-state index contributed by atoms with van der Waals surface area (Å²) in [5, 5.41) is 2.54. The lowest BCUT2D eigenvalue weighted by Crippen LogP contribution is -2.37. The van der Waals surface area contributed by atoms with Crippen LogP contribution in [0.1, 0.15) is 29.0 Å². The summed E-state index contributed by atoms with van der Waals surface area (Å²) in [7, 11) is 3.10. The van der Waals surface area contributed by atoms with Crippen molar-refractivity contribution in [3.63, 3.8) is 0 Å². The zero-order chi connectivity index (χ0) is 18.0. The fourth-order valence-electron chi connectivity index (χ4n) is 3.11. The SMILES string of the molecule is COc1cc(/C=C/C(=O)N2CCc3sccc3[C@H]2C)cc(Cl)c1OC. The van der Waals surface area contributed by atoms with Crippen molar-refractivity contribution in [3.8, 4) is 11.5 Å². The van der Waals surface area contributed by atoms with E-state index in [9.17, 15) is 4.79 Å². The Balaban J connectivity index is 1.78. The Hall–Kier alpha value is -1.98. The van der Waals surface area contributed by atoms with E-state index in [-0.39, 0.29) is 11.9 Å². The highest BCUT2D eigenvalue weighted by Gasteiger charge is 2.27. The molecule has 0 spiro atoms. The van der Waals surface area contributed by atoms with Gasteiger partial charge in [-0.2, -0.15) is 0 Å². The van der Waals surface area contributed by atoms with E-state index in [0.717, 1.165) is 18.5 Å². The van der Waals surface area contributed by atoms with Crippen LogP contribution in [0.3, 0.4) is 0 Å². The highest BCUT2D eigenvalue weighted by molar-refractivity contribution is 7.10. The molecule has 132 valence electrons. The van der Waals surface area contributed by atoms with Gasteiger partial charge in [-0.05, 0) is 54.1 Å². The van der Waals surface area contributed by atoms with Crippen LogP contribution in [0.5, 0.6) is 11.5 Å². The normalized spacial score (nSPS) is 16.8. The number of hydrogen-bond donors (Lipinski definition) is 0. The molecule has 1 aliphatic rings. The summed E-state index contributed by atoms with van der Waals surface area (Å²) in [5.74, 6) is 1.02. The largest absolute Gasteiger partial charge is 0.493 e. The van der Waals surface area contributed by atoms with Gasteiger partial charge < -0.3 is 14.4 Å². The Morgan fingerprint density at radius 3 is 2.88 bits per heavy atom. The fraction of sp³-hybridized carbons (Fsp3) is 0.316. The third-order valence-corrected chi connectivity index (χ3v) is 5.71. The van der Waals surface area contributed by atoms with Crippen molar-refractivity contribution >= 4 is 34.9 Å². The first-order valence-electron chi connectivity index (χ1n) is 8.01. The zero-order valence-corrected chi connectivity index (χ0v) is 16.0. The first-order valence-corrected chi connectivity index (χ1v) is 9.27. The summed E-state index contributed by atoms with van der Waals surface area (Å²) in [4.78, 5) is 15.9. The second kappa shape index (κ2) is 7.50. The van der Waals surface area contributed by atoms with Crippen molar-refractivity contribution in [1.29, 1.82) is 0 Å². The van der Waals surface area contributed by atoms with Crippen molar-refractivity contribution in [3.05, 3.63) is 50.7 Å². The van der Waals surface area contributed by atoms with Crippen LogP contribution >= 0.6 is 22.9 Å². The van der Waals surface area contributed by atoms with Gasteiger partial charge >= 0.3 is 0 Å². The molecule has 0 radical (unpaired) electrons. The van der Waals surface area contributed by atoms with Crippen molar-refractivity contribution in [2.75, 3.05) is 20.8 Å². The number of ether oxygens (including phenoxy) is 2. The third kappa shape index (κ3) is 3.53. The van der Waals surface area contributed by atoms with Gasteiger partial charge in [0.2, 0.25) is 5.91 Å². The van der Waals surface area contributed by atoms with Crippen molar-refractivity contribution in [2.45, 2.75) is 19.4 Å². The molecule has 1 aliphatic heterocycles. The van der Waals surface area contributed by atoms with Crippen LogP contribution in [0, 0.1) is 0 Å². The highest BCUT2D eigenvalue weighted by atomic mass is 35.5. The van der Waals surface area contributed by atoms with Crippen LogP contribution in [0.25, 0.3) is 6.08 Å². The molecule has 0 bridgehead atoms. The molecule has 1 amide bonds. The number of methoxy groups -OCH3 is 2. The minimum Gasteiger partial charge on any atom is -0.493 e. The molecule has 0 fully saturated rings. The van der Waals surface area contributed by atoms with Crippen LogP contribution in [-0.4, -0.2) is 31.6 Å². The average molecular weight is 378 g/mol. The molecule has 0 aliphatic carbocycles. The number of hydrogen-bond acceptors (Lipinski definition) is 4. The van der Waals surface area contributed by atoms with E-state index in [1.54, 1.807) is 49.8 Å². The molecule has 25 heavy (non-hydrogen) atoms. The molecule has 0 saturated heterocycles. The quantitative estimate of drug-likeness (QED) is 0.732. The van der Waals surface area contributed by atoms with Crippen molar-refractivity contribution < 1.29 is 14.3 Å². The monoisotopic (exact) mass is 377 g/mol. The van der Waals surface area contributed by atoms with E-state index in [4.69, 9.17) is 21.1 Å². The number of benzene rings is 1. The van der Waals surface area contributed by atoms with Gasteiger partial charge in [-0.15, -0.1) is 11.3 Å². The molecule has 0 N–H and O–H groups in total. The second-order valence-corrected chi connectivity index (χ2v) is 7.24. The fourth-order valence-corrected chi connectivity index (χ4v) is 4.37. The van der Waals surface area contributed by atoms with Crippen LogP contribution in [0.2, 0.25) is 5.02 Å². The van der Waals surface area contributed by atoms with Crippen LogP contribution in [0.15, 0.2) is 29.7 Å². The number of thiophene rings is 1. The van der Waals surface area contributed by atoms with Gasteiger partial charge in [0.1, 0.15) is 0 Å². The molecule has 2 aromatic rings. The Morgan fingerprint density at radius 1 is 1.36 bits per heavy atom. The number of halogens is 1. The van der Waals surface area contributed by atoms with Crippen LogP contribution in [0.4, 0.5) is 0 Å². The van der Waals surface area contributed by atoms with Gasteiger partial charge in [-0.3, -0.25) is 4.79 Å². The molecule has 0 unspecified atom stereocenters. The number of carbonyl (C=O) groups is 1. The van der Waals surface area contributed by atoms with Crippen molar-refractivity contribution in [1.82, 2.24) is 4.90 Å². The Labute approximate surface area is 156 Å². The van der Waals surface area contributed by atoms with Gasteiger partial charge in [0, 0.05) is 17.5 Å². The molecule has 1 atom stereocenters. The molecular formula is C19H20ClNO3S. The molecule has 0 saturated carbocycles. The number of nitrogens with zero attached hydrogens (tertiary/aromatic N) is 1. The number of amides is 1. The zero-order valence-electron chi connectivity index (χ0n) is 14.4. The molecule has 4 nitrogen and oxygen atoms in total. The molecule has 3 rings (SSSR count). The molecule has 1 aromatic carbocycles. The summed E-state index contributed by atoms with van der Waals surface area (Å²) in [6, 6.07) is 5.76. The smallest absolute Gasteiger partial charge is 0.247 e. The van der Waals surface area contributed by atoms with E-state index in [0.29, 0.717) is 16.5 Å².